The summed E-state index contributed by atoms with van der Waals surface area (Å²) in [6, 6.07) is 8.74. The molecule has 1 aromatic heterocycles. The van der Waals surface area contributed by atoms with Crippen LogP contribution in [0.25, 0.3) is 0 Å². The van der Waals surface area contributed by atoms with E-state index in [1.807, 2.05) is 6.92 Å². The van der Waals surface area contributed by atoms with Gasteiger partial charge in [0, 0.05) is 4.88 Å². The Hall–Kier alpha value is -1.19. The Morgan fingerprint density at radius 1 is 1.40 bits per heavy atom. The molecule has 3 rings (SSSR count). The predicted octanol–water partition coefficient (Wildman–Crippen LogP) is 5.21. The maximum absolute atomic E-state index is 6.11. The van der Waals surface area contributed by atoms with Crippen molar-refractivity contribution in [2.45, 2.75) is 32.7 Å². The van der Waals surface area contributed by atoms with Gasteiger partial charge in [-0.1, -0.05) is 17.7 Å². The van der Waals surface area contributed by atoms with Gasteiger partial charge in [-0.05, 0) is 56.0 Å². The van der Waals surface area contributed by atoms with Crippen molar-refractivity contribution in [3.05, 3.63) is 44.6 Å². The number of fused-ring (bicyclic) bond motifs is 1. The summed E-state index contributed by atoms with van der Waals surface area (Å²) in [5.41, 5.74) is 3.63. The molecule has 0 aliphatic heterocycles. The van der Waals surface area contributed by atoms with Gasteiger partial charge in [0.1, 0.15) is 5.75 Å². The summed E-state index contributed by atoms with van der Waals surface area (Å²) < 4.78 is 6.62. The molecule has 4 heteroatoms. The molecule has 2 nitrogen and oxygen atoms in total. The van der Waals surface area contributed by atoms with E-state index in [1.165, 1.54) is 16.0 Å². The molecule has 0 bridgehead atoms. The minimum absolute atomic E-state index is 0.343. The molecule has 1 heterocycles. The quantitative estimate of drug-likeness (QED) is 0.837. The first-order chi connectivity index (χ1) is 9.67. The van der Waals surface area contributed by atoms with Crippen LogP contribution >= 0.6 is 22.9 Å². The van der Waals surface area contributed by atoms with Crippen LogP contribution in [0.1, 0.15) is 35.4 Å². The molecule has 0 saturated heterocycles. The maximum atomic E-state index is 6.11. The lowest BCUT2D eigenvalue weighted by atomic mass is 10.1. The second-order valence-electron chi connectivity index (χ2n) is 5.10. The highest BCUT2D eigenvalue weighted by Gasteiger charge is 2.25. The molecule has 1 atom stereocenters. The molecular formula is C16H18ClNOS. The van der Waals surface area contributed by atoms with Crippen molar-refractivity contribution < 1.29 is 4.74 Å². The van der Waals surface area contributed by atoms with Crippen molar-refractivity contribution in [3.63, 3.8) is 0 Å². The Balaban J connectivity index is 1.85. The van der Waals surface area contributed by atoms with Gasteiger partial charge < -0.3 is 10.1 Å². The van der Waals surface area contributed by atoms with Crippen LogP contribution in [0, 0.1) is 6.92 Å². The largest absolute Gasteiger partial charge is 0.492 e. The lowest BCUT2D eigenvalue weighted by Crippen LogP contribution is -2.08. The molecule has 0 amide bonds. The van der Waals surface area contributed by atoms with Gasteiger partial charge in [-0.3, -0.25) is 0 Å². The van der Waals surface area contributed by atoms with E-state index in [1.54, 1.807) is 11.3 Å². The van der Waals surface area contributed by atoms with Crippen molar-refractivity contribution >= 4 is 28.6 Å². The standard InChI is InChI=1S/C16H18ClNOS/c1-3-19-14-8-10(2)4-5-13(14)18-12-6-7-15-11(12)9-16(17)20-15/h4-5,8-9,12,18H,3,6-7H2,1-2H3. The predicted molar refractivity (Wildman–Crippen MR) is 86.4 cm³/mol. The smallest absolute Gasteiger partial charge is 0.142 e. The lowest BCUT2D eigenvalue weighted by Gasteiger charge is -2.18. The summed E-state index contributed by atoms with van der Waals surface area (Å²) in [4.78, 5) is 1.41. The molecule has 1 aliphatic carbocycles. The molecule has 1 aromatic carbocycles. The van der Waals surface area contributed by atoms with Crippen LogP contribution in [0.2, 0.25) is 4.34 Å². The number of rotatable bonds is 4. The Morgan fingerprint density at radius 2 is 2.25 bits per heavy atom. The fourth-order valence-electron chi connectivity index (χ4n) is 2.69. The van der Waals surface area contributed by atoms with E-state index < -0.39 is 0 Å². The highest BCUT2D eigenvalue weighted by Crippen LogP contribution is 2.42. The highest BCUT2D eigenvalue weighted by atomic mass is 35.5. The minimum atomic E-state index is 0.343. The van der Waals surface area contributed by atoms with Crippen LogP contribution in [0.15, 0.2) is 24.3 Å². The molecule has 1 aliphatic rings. The first kappa shape index (κ1) is 13.8. The van der Waals surface area contributed by atoms with E-state index in [2.05, 4.69) is 36.5 Å². The van der Waals surface area contributed by atoms with Gasteiger partial charge >= 0.3 is 0 Å². The number of nitrogens with one attached hydrogen (secondary N) is 1. The molecule has 0 saturated carbocycles. The zero-order valence-electron chi connectivity index (χ0n) is 11.7. The van der Waals surface area contributed by atoms with E-state index >= 15 is 0 Å². The van der Waals surface area contributed by atoms with Crippen molar-refractivity contribution in [3.8, 4) is 5.75 Å². The molecule has 20 heavy (non-hydrogen) atoms. The third-order valence-electron chi connectivity index (χ3n) is 3.61. The normalized spacial score (nSPS) is 17.1. The summed E-state index contributed by atoms with van der Waals surface area (Å²) in [6.07, 6.45) is 2.23. The SMILES string of the molecule is CCOc1cc(C)ccc1NC1CCc2sc(Cl)cc21. The molecule has 1 unspecified atom stereocenters. The van der Waals surface area contributed by atoms with Gasteiger partial charge in [0.15, 0.2) is 0 Å². The summed E-state index contributed by atoms with van der Waals surface area (Å²) in [5.74, 6) is 0.933. The number of ether oxygens (including phenoxy) is 1. The van der Waals surface area contributed by atoms with E-state index in [4.69, 9.17) is 16.3 Å². The molecule has 106 valence electrons. The van der Waals surface area contributed by atoms with Crippen molar-refractivity contribution in [1.82, 2.24) is 0 Å². The van der Waals surface area contributed by atoms with E-state index in [0.29, 0.717) is 12.6 Å². The number of hydrogen-bond donors (Lipinski definition) is 1. The topological polar surface area (TPSA) is 21.3 Å². The number of aryl methyl sites for hydroxylation is 2. The van der Waals surface area contributed by atoms with E-state index in [0.717, 1.165) is 28.6 Å². The van der Waals surface area contributed by atoms with Gasteiger partial charge in [0.05, 0.1) is 22.7 Å². The van der Waals surface area contributed by atoms with Crippen LogP contribution in [0.4, 0.5) is 5.69 Å². The van der Waals surface area contributed by atoms with Crippen LogP contribution in [0.5, 0.6) is 5.75 Å². The summed E-state index contributed by atoms with van der Waals surface area (Å²) in [6.45, 7) is 4.77. The fraction of sp³-hybridized carbons (Fsp3) is 0.375. The van der Waals surface area contributed by atoms with Gasteiger partial charge in [-0.2, -0.15) is 0 Å². The van der Waals surface area contributed by atoms with Crippen LogP contribution in [-0.2, 0) is 6.42 Å². The second kappa shape index (κ2) is 5.66. The monoisotopic (exact) mass is 307 g/mol. The number of anilines is 1. The Kier molecular flexibility index (Phi) is 3.90. The summed E-state index contributed by atoms with van der Waals surface area (Å²) in [5, 5.41) is 3.61. The zero-order chi connectivity index (χ0) is 14.1. The van der Waals surface area contributed by atoms with E-state index in [-0.39, 0.29) is 0 Å². The third kappa shape index (κ3) is 2.65. The second-order valence-corrected chi connectivity index (χ2v) is 6.87. The first-order valence-electron chi connectivity index (χ1n) is 6.95. The van der Waals surface area contributed by atoms with Crippen LogP contribution < -0.4 is 10.1 Å². The van der Waals surface area contributed by atoms with Crippen molar-refractivity contribution in [2.75, 3.05) is 11.9 Å². The zero-order valence-corrected chi connectivity index (χ0v) is 13.3. The minimum Gasteiger partial charge on any atom is -0.492 e. The Bertz CT molecular complexity index is 623. The third-order valence-corrected chi connectivity index (χ3v) is 4.95. The molecule has 0 fully saturated rings. The number of benzene rings is 1. The molecule has 1 N–H and O–H groups in total. The molecular weight excluding hydrogens is 290 g/mol. The summed E-state index contributed by atoms with van der Waals surface area (Å²) >= 11 is 7.82. The highest BCUT2D eigenvalue weighted by molar-refractivity contribution is 7.16. The van der Waals surface area contributed by atoms with Crippen LogP contribution in [0.3, 0.4) is 0 Å². The Labute approximate surface area is 128 Å². The van der Waals surface area contributed by atoms with Gasteiger partial charge in [-0.15, -0.1) is 11.3 Å². The van der Waals surface area contributed by atoms with Gasteiger partial charge in [0.25, 0.3) is 0 Å². The average molecular weight is 308 g/mol. The van der Waals surface area contributed by atoms with Crippen LogP contribution in [-0.4, -0.2) is 6.61 Å². The fourth-order valence-corrected chi connectivity index (χ4v) is 4.05. The Morgan fingerprint density at radius 3 is 3.05 bits per heavy atom. The summed E-state index contributed by atoms with van der Waals surface area (Å²) in [7, 11) is 0. The lowest BCUT2D eigenvalue weighted by molar-refractivity contribution is 0.341. The van der Waals surface area contributed by atoms with Gasteiger partial charge in [0.2, 0.25) is 0 Å². The van der Waals surface area contributed by atoms with Crippen molar-refractivity contribution in [2.24, 2.45) is 0 Å². The average Bonchev–Trinajstić information content (AvgIpc) is 2.93. The maximum Gasteiger partial charge on any atom is 0.142 e. The molecule has 0 radical (unpaired) electrons. The number of halogens is 1. The number of thiophene rings is 1. The molecule has 2 aromatic rings. The molecule has 0 spiro atoms. The number of hydrogen-bond acceptors (Lipinski definition) is 3. The van der Waals surface area contributed by atoms with Crippen molar-refractivity contribution in [1.29, 1.82) is 0 Å². The first-order valence-corrected chi connectivity index (χ1v) is 8.15. The van der Waals surface area contributed by atoms with Gasteiger partial charge in [-0.25, -0.2) is 0 Å². The van der Waals surface area contributed by atoms with E-state index in [9.17, 15) is 0 Å².